The summed E-state index contributed by atoms with van der Waals surface area (Å²) >= 11 is 3.42. The van der Waals surface area contributed by atoms with Gasteiger partial charge in [-0.1, -0.05) is 40.2 Å². The average Bonchev–Trinajstić information content (AvgIpc) is 2.68. The van der Waals surface area contributed by atoms with E-state index in [0.717, 1.165) is 10.0 Å². The number of fused-ring (bicyclic) bond motifs is 1. The third-order valence-electron chi connectivity index (χ3n) is 4.84. The Labute approximate surface area is 178 Å². The molecule has 0 aliphatic heterocycles. The molecule has 2 N–H and O–H groups in total. The third-order valence-corrected chi connectivity index (χ3v) is 5.37. The zero-order valence-electron chi connectivity index (χ0n) is 16.8. The Bertz CT molecular complexity index is 1050. The van der Waals surface area contributed by atoms with Crippen molar-refractivity contribution < 1.29 is 4.79 Å². The highest BCUT2D eigenvalue weighted by Crippen LogP contribution is 2.16. The lowest BCUT2D eigenvalue weighted by atomic mass is 10.1. The number of para-hydroxylation sites is 1. The van der Waals surface area contributed by atoms with Crippen molar-refractivity contribution in [2.45, 2.75) is 39.4 Å². The Morgan fingerprint density at radius 3 is 2.52 bits per heavy atom. The van der Waals surface area contributed by atoms with Crippen molar-refractivity contribution in [3.05, 3.63) is 74.7 Å². The van der Waals surface area contributed by atoms with E-state index < -0.39 is 0 Å². The third kappa shape index (κ3) is 5.52. The van der Waals surface area contributed by atoms with Gasteiger partial charge >= 0.3 is 0 Å². The quantitative estimate of drug-likeness (QED) is 0.566. The molecule has 1 heterocycles. The summed E-state index contributed by atoms with van der Waals surface area (Å²) in [5.41, 5.74) is 1.53. The van der Waals surface area contributed by atoms with Crippen LogP contribution in [-0.2, 0) is 11.3 Å². The molecule has 0 radical (unpaired) electrons. The fourth-order valence-corrected chi connectivity index (χ4v) is 3.39. The molecule has 0 aliphatic carbocycles. The van der Waals surface area contributed by atoms with Gasteiger partial charge in [-0.3, -0.25) is 14.5 Å². The number of rotatable bonds is 7. The van der Waals surface area contributed by atoms with Crippen LogP contribution in [0.5, 0.6) is 0 Å². The molecule has 0 fully saturated rings. The SMILES string of the molecule is CC(NC(=O)CN(Cc1nc2ccccc2c(=O)[nH]1)C(C)C)c1ccc(Br)cc1. The van der Waals surface area contributed by atoms with Crippen LogP contribution in [0.2, 0.25) is 0 Å². The van der Waals surface area contributed by atoms with Crippen LogP contribution in [0.3, 0.4) is 0 Å². The van der Waals surface area contributed by atoms with Crippen LogP contribution in [0.1, 0.15) is 38.2 Å². The highest BCUT2D eigenvalue weighted by Gasteiger charge is 2.18. The molecular weight excluding hydrogens is 432 g/mol. The molecule has 152 valence electrons. The van der Waals surface area contributed by atoms with E-state index in [1.807, 2.05) is 68.1 Å². The Balaban J connectivity index is 1.69. The number of aromatic nitrogens is 2. The lowest BCUT2D eigenvalue weighted by Gasteiger charge is -2.26. The number of nitrogens with one attached hydrogen (secondary N) is 2. The van der Waals surface area contributed by atoms with Crippen LogP contribution < -0.4 is 10.9 Å². The van der Waals surface area contributed by atoms with Gasteiger partial charge < -0.3 is 10.3 Å². The zero-order chi connectivity index (χ0) is 21.0. The molecule has 1 unspecified atom stereocenters. The van der Waals surface area contributed by atoms with Crippen LogP contribution in [0.4, 0.5) is 0 Å². The highest BCUT2D eigenvalue weighted by atomic mass is 79.9. The predicted octanol–water partition coefficient (Wildman–Crippen LogP) is 3.77. The average molecular weight is 457 g/mol. The number of nitrogens with zero attached hydrogens (tertiary/aromatic N) is 2. The monoisotopic (exact) mass is 456 g/mol. The van der Waals surface area contributed by atoms with Crippen molar-refractivity contribution in [2.75, 3.05) is 6.54 Å². The highest BCUT2D eigenvalue weighted by molar-refractivity contribution is 9.10. The van der Waals surface area contributed by atoms with Gasteiger partial charge in [-0.2, -0.15) is 0 Å². The van der Waals surface area contributed by atoms with E-state index in [-0.39, 0.29) is 30.1 Å². The van der Waals surface area contributed by atoms with E-state index in [1.165, 1.54) is 0 Å². The maximum Gasteiger partial charge on any atom is 0.258 e. The van der Waals surface area contributed by atoms with Crippen LogP contribution in [0.25, 0.3) is 10.9 Å². The second-order valence-electron chi connectivity index (χ2n) is 7.37. The number of benzene rings is 2. The van der Waals surface area contributed by atoms with Crippen LogP contribution >= 0.6 is 15.9 Å². The molecule has 0 saturated heterocycles. The van der Waals surface area contributed by atoms with Crippen molar-refractivity contribution in [3.8, 4) is 0 Å². The molecule has 0 spiro atoms. The molecule has 6 nitrogen and oxygen atoms in total. The molecule has 0 aliphatic rings. The van der Waals surface area contributed by atoms with Gasteiger partial charge in [0, 0.05) is 10.5 Å². The van der Waals surface area contributed by atoms with Crippen molar-refractivity contribution in [1.82, 2.24) is 20.2 Å². The topological polar surface area (TPSA) is 78.1 Å². The Hall–Kier alpha value is -2.51. The molecule has 3 rings (SSSR count). The minimum Gasteiger partial charge on any atom is -0.348 e. The van der Waals surface area contributed by atoms with E-state index in [4.69, 9.17) is 0 Å². The molecule has 0 saturated carbocycles. The molecule has 1 aromatic heterocycles. The number of hydrogen-bond donors (Lipinski definition) is 2. The van der Waals surface area contributed by atoms with Gasteiger partial charge in [0.05, 0.1) is 30.0 Å². The molecule has 3 aromatic rings. The number of halogens is 1. The Kier molecular flexibility index (Phi) is 6.82. The summed E-state index contributed by atoms with van der Waals surface area (Å²) < 4.78 is 1.00. The van der Waals surface area contributed by atoms with Gasteiger partial charge in [0.15, 0.2) is 0 Å². The summed E-state index contributed by atoms with van der Waals surface area (Å²) in [5.74, 6) is 0.480. The van der Waals surface area contributed by atoms with Crippen LogP contribution in [0.15, 0.2) is 57.8 Å². The second-order valence-corrected chi connectivity index (χ2v) is 8.28. The van der Waals surface area contributed by atoms with E-state index in [0.29, 0.717) is 23.3 Å². The summed E-state index contributed by atoms with van der Waals surface area (Å²) in [4.78, 5) is 34.3. The first-order valence-electron chi connectivity index (χ1n) is 9.60. The largest absolute Gasteiger partial charge is 0.348 e. The molecule has 1 atom stereocenters. The fourth-order valence-electron chi connectivity index (χ4n) is 3.13. The second kappa shape index (κ2) is 9.33. The van der Waals surface area contributed by atoms with Gasteiger partial charge in [-0.25, -0.2) is 4.98 Å². The first kappa shape index (κ1) is 21.2. The van der Waals surface area contributed by atoms with Crippen molar-refractivity contribution in [2.24, 2.45) is 0 Å². The van der Waals surface area contributed by atoms with Gasteiger partial charge in [0.1, 0.15) is 5.82 Å². The maximum absolute atomic E-state index is 12.6. The number of carbonyl (C=O) groups is 1. The Morgan fingerprint density at radius 2 is 1.83 bits per heavy atom. The first-order valence-corrected chi connectivity index (χ1v) is 10.4. The van der Waals surface area contributed by atoms with Gasteiger partial charge in [-0.05, 0) is 50.6 Å². The normalized spacial score (nSPS) is 12.5. The molecule has 2 aromatic carbocycles. The smallest absolute Gasteiger partial charge is 0.258 e. The maximum atomic E-state index is 12.6. The molecule has 0 bridgehead atoms. The standard InChI is InChI=1S/C22H25BrN4O2/c1-14(2)27(12-20-25-19-7-5-4-6-18(19)22(29)26-20)13-21(28)24-15(3)16-8-10-17(23)11-9-16/h4-11,14-15H,12-13H2,1-3H3,(H,24,28)(H,25,26,29). The molecular formula is C22H25BrN4O2. The van der Waals surface area contributed by atoms with Crippen molar-refractivity contribution in [1.29, 1.82) is 0 Å². The van der Waals surface area contributed by atoms with Crippen LogP contribution in [-0.4, -0.2) is 33.4 Å². The summed E-state index contributed by atoms with van der Waals surface area (Å²) in [7, 11) is 0. The summed E-state index contributed by atoms with van der Waals surface area (Å²) in [6.07, 6.45) is 0. The summed E-state index contributed by atoms with van der Waals surface area (Å²) in [6, 6.07) is 15.1. The predicted molar refractivity (Wildman–Crippen MR) is 119 cm³/mol. The number of carbonyl (C=O) groups excluding carboxylic acids is 1. The summed E-state index contributed by atoms with van der Waals surface area (Å²) in [6.45, 7) is 6.60. The van der Waals surface area contributed by atoms with Gasteiger partial charge in [-0.15, -0.1) is 0 Å². The molecule has 29 heavy (non-hydrogen) atoms. The number of H-pyrrole nitrogens is 1. The van der Waals surface area contributed by atoms with Gasteiger partial charge in [0.2, 0.25) is 5.91 Å². The molecule has 7 heteroatoms. The van der Waals surface area contributed by atoms with E-state index in [9.17, 15) is 9.59 Å². The van der Waals surface area contributed by atoms with E-state index >= 15 is 0 Å². The zero-order valence-corrected chi connectivity index (χ0v) is 18.4. The lowest BCUT2D eigenvalue weighted by Crippen LogP contribution is -2.41. The number of amides is 1. The first-order chi connectivity index (χ1) is 13.8. The minimum atomic E-state index is -0.164. The van der Waals surface area contributed by atoms with Gasteiger partial charge in [0.25, 0.3) is 5.56 Å². The Morgan fingerprint density at radius 1 is 1.14 bits per heavy atom. The fraction of sp³-hybridized carbons (Fsp3) is 0.318. The van der Waals surface area contributed by atoms with E-state index in [1.54, 1.807) is 6.07 Å². The van der Waals surface area contributed by atoms with Crippen molar-refractivity contribution in [3.63, 3.8) is 0 Å². The minimum absolute atomic E-state index is 0.0720. The number of aromatic amines is 1. The van der Waals surface area contributed by atoms with E-state index in [2.05, 4.69) is 31.2 Å². The van der Waals surface area contributed by atoms with Crippen molar-refractivity contribution >= 4 is 32.7 Å². The molecule has 1 amide bonds. The lowest BCUT2D eigenvalue weighted by molar-refractivity contribution is -0.123. The number of hydrogen-bond acceptors (Lipinski definition) is 4. The van der Waals surface area contributed by atoms with Crippen LogP contribution in [0, 0.1) is 0 Å². The summed E-state index contributed by atoms with van der Waals surface area (Å²) in [5, 5.41) is 3.60.